The van der Waals surface area contributed by atoms with Crippen molar-refractivity contribution in [3.8, 4) is 0 Å². The maximum Gasteiger partial charge on any atom is 0.419 e. The molecule has 0 bridgehead atoms. The molecule has 126 valence electrons. The normalized spacial score (nSPS) is 11.8. The lowest BCUT2D eigenvalue weighted by Crippen LogP contribution is -2.15. The van der Waals surface area contributed by atoms with Crippen LogP contribution in [0.2, 0.25) is 5.02 Å². The first-order valence-corrected chi connectivity index (χ1v) is 8.79. The van der Waals surface area contributed by atoms with Crippen molar-refractivity contribution in [3.05, 3.63) is 57.8 Å². The molecular weight excluding hydrogens is 359 g/mol. The second kappa shape index (κ2) is 5.95. The molecule has 0 saturated carbocycles. The second-order valence-electron chi connectivity index (χ2n) is 4.97. The van der Waals surface area contributed by atoms with Gasteiger partial charge in [-0.1, -0.05) is 11.6 Å². The minimum absolute atomic E-state index is 0.0888. The zero-order valence-electron chi connectivity index (χ0n) is 12.4. The van der Waals surface area contributed by atoms with E-state index < -0.39 is 21.6 Å². The number of hydrogen-bond donors (Lipinski definition) is 1. The van der Waals surface area contributed by atoms with E-state index in [1.54, 1.807) is 6.92 Å². The highest BCUT2D eigenvalue weighted by molar-refractivity contribution is 7.92. The van der Waals surface area contributed by atoms with Gasteiger partial charge >= 0.3 is 5.76 Å². The number of oxazole rings is 1. The van der Waals surface area contributed by atoms with Gasteiger partial charge in [0.05, 0.1) is 10.5 Å². The predicted octanol–water partition coefficient (Wildman–Crippen LogP) is 3.21. The molecule has 0 aliphatic heterocycles. The first-order chi connectivity index (χ1) is 11.3. The standard InChI is InChI=1S/C15H12ClFN2O4S/c1-2-19-12-8-14(11(16)7-13(12)23-15(19)20)24(21,22)18-10-5-3-9(17)4-6-10/h3-8,18H,2H2,1H3. The topological polar surface area (TPSA) is 81.3 Å². The number of halogens is 2. The van der Waals surface area contributed by atoms with E-state index in [9.17, 15) is 17.6 Å². The number of aromatic nitrogens is 1. The maximum atomic E-state index is 12.9. The minimum Gasteiger partial charge on any atom is -0.408 e. The Morgan fingerprint density at radius 3 is 2.54 bits per heavy atom. The molecule has 0 radical (unpaired) electrons. The van der Waals surface area contributed by atoms with Crippen molar-refractivity contribution in [1.29, 1.82) is 0 Å². The Balaban J connectivity index is 2.11. The van der Waals surface area contributed by atoms with Crippen LogP contribution in [0.1, 0.15) is 6.92 Å². The van der Waals surface area contributed by atoms with E-state index in [4.69, 9.17) is 16.0 Å². The lowest BCUT2D eigenvalue weighted by Gasteiger charge is -2.10. The van der Waals surface area contributed by atoms with E-state index >= 15 is 0 Å². The molecule has 6 nitrogen and oxygen atoms in total. The molecular formula is C15H12ClFN2O4S. The van der Waals surface area contributed by atoms with Crippen LogP contribution in [0.15, 0.2) is 50.5 Å². The van der Waals surface area contributed by atoms with Crippen molar-refractivity contribution < 1.29 is 17.2 Å². The molecule has 0 atom stereocenters. The largest absolute Gasteiger partial charge is 0.419 e. The van der Waals surface area contributed by atoms with Gasteiger partial charge in [-0.3, -0.25) is 9.29 Å². The van der Waals surface area contributed by atoms with Crippen LogP contribution < -0.4 is 10.5 Å². The number of nitrogens with zero attached hydrogens (tertiary/aromatic N) is 1. The Kier molecular flexibility index (Phi) is 4.10. The summed E-state index contributed by atoms with van der Waals surface area (Å²) in [6, 6.07) is 7.40. The summed E-state index contributed by atoms with van der Waals surface area (Å²) in [4.78, 5) is 11.5. The zero-order valence-corrected chi connectivity index (χ0v) is 14.0. The Morgan fingerprint density at radius 2 is 1.92 bits per heavy atom. The Morgan fingerprint density at radius 1 is 1.25 bits per heavy atom. The van der Waals surface area contributed by atoms with Crippen LogP contribution in [-0.2, 0) is 16.6 Å². The Bertz CT molecular complexity index is 1070. The first kappa shape index (κ1) is 16.5. The van der Waals surface area contributed by atoms with Gasteiger partial charge in [0.25, 0.3) is 10.0 Å². The molecule has 1 N–H and O–H groups in total. The van der Waals surface area contributed by atoms with Crippen LogP contribution in [0.5, 0.6) is 0 Å². The van der Waals surface area contributed by atoms with Gasteiger partial charge in [-0.2, -0.15) is 0 Å². The third-order valence-corrected chi connectivity index (χ3v) is 5.27. The van der Waals surface area contributed by atoms with E-state index in [0.29, 0.717) is 12.1 Å². The van der Waals surface area contributed by atoms with Gasteiger partial charge in [0, 0.05) is 18.3 Å². The molecule has 0 aliphatic rings. The molecule has 0 spiro atoms. The molecule has 2 aromatic carbocycles. The monoisotopic (exact) mass is 370 g/mol. The molecule has 0 unspecified atom stereocenters. The fourth-order valence-electron chi connectivity index (χ4n) is 2.30. The number of hydrogen-bond acceptors (Lipinski definition) is 4. The maximum absolute atomic E-state index is 12.9. The summed E-state index contributed by atoms with van der Waals surface area (Å²) >= 11 is 6.03. The summed E-state index contributed by atoms with van der Waals surface area (Å²) in [5.41, 5.74) is 0.714. The third kappa shape index (κ3) is 2.90. The molecule has 1 aromatic heterocycles. The molecule has 3 rings (SSSR count). The van der Waals surface area contributed by atoms with Crippen LogP contribution >= 0.6 is 11.6 Å². The molecule has 1 heterocycles. The minimum atomic E-state index is -4.03. The van der Waals surface area contributed by atoms with Crippen LogP contribution in [0.25, 0.3) is 11.1 Å². The number of fused-ring (bicyclic) bond motifs is 1. The van der Waals surface area contributed by atoms with E-state index in [-0.39, 0.29) is 21.2 Å². The van der Waals surface area contributed by atoms with Crippen molar-refractivity contribution in [2.24, 2.45) is 0 Å². The first-order valence-electron chi connectivity index (χ1n) is 6.93. The smallest absolute Gasteiger partial charge is 0.408 e. The third-order valence-electron chi connectivity index (χ3n) is 3.42. The zero-order chi connectivity index (χ0) is 17.5. The summed E-state index contributed by atoms with van der Waals surface area (Å²) in [6.45, 7) is 2.05. The van der Waals surface area contributed by atoms with Crippen LogP contribution in [-0.4, -0.2) is 13.0 Å². The van der Waals surface area contributed by atoms with Crippen molar-refractivity contribution >= 4 is 38.4 Å². The van der Waals surface area contributed by atoms with E-state index in [1.807, 2.05) is 0 Å². The summed E-state index contributed by atoms with van der Waals surface area (Å²) in [5.74, 6) is -1.08. The predicted molar refractivity (Wildman–Crippen MR) is 88.4 cm³/mol. The highest BCUT2D eigenvalue weighted by atomic mass is 35.5. The summed E-state index contributed by atoms with van der Waals surface area (Å²) < 4.78 is 46.7. The highest BCUT2D eigenvalue weighted by Gasteiger charge is 2.21. The van der Waals surface area contributed by atoms with Crippen molar-refractivity contribution in [3.63, 3.8) is 0 Å². The van der Waals surface area contributed by atoms with Gasteiger partial charge in [0.15, 0.2) is 5.58 Å². The number of rotatable bonds is 4. The Labute approximate surface area is 141 Å². The number of benzene rings is 2. The SMILES string of the molecule is CCn1c(=O)oc2cc(Cl)c(S(=O)(=O)Nc3ccc(F)cc3)cc21. The molecule has 0 aliphatic carbocycles. The lowest BCUT2D eigenvalue weighted by atomic mass is 10.3. The number of aryl methyl sites for hydroxylation is 1. The van der Waals surface area contributed by atoms with Gasteiger partial charge in [-0.15, -0.1) is 0 Å². The van der Waals surface area contributed by atoms with Crippen molar-refractivity contribution in [2.45, 2.75) is 18.4 Å². The van der Waals surface area contributed by atoms with Gasteiger partial charge in [0.2, 0.25) is 0 Å². The second-order valence-corrected chi connectivity index (χ2v) is 7.03. The average Bonchev–Trinajstić information content (AvgIpc) is 2.82. The number of nitrogens with one attached hydrogen (secondary N) is 1. The van der Waals surface area contributed by atoms with Gasteiger partial charge in [-0.25, -0.2) is 17.6 Å². The van der Waals surface area contributed by atoms with Gasteiger partial charge in [0.1, 0.15) is 10.7 Å². The molecule has 0 saturated heterocycles. The lowest BCUT2D eigenvalue weighted by molar-refractivity contribution is 0.513. The average molecular weight is 371 g/mol. The van der Waals surface area contributed by atoms with Crippen LogP contribution in [0, 0.1) is 5.82 Å². The molecule has 24 heavy (non-hydrogen) atoms. The van der Waals surface area contributed by atoms with Gasteiger partial charge < -0.3 is 4.42 Å². The summed E-state index contributed by atoms with van der Waals surface area (Å²) in [5, 5.41) is -0.0888. The quantitative estimate of drug-likeness (QED) is 0.764. The van der Waals surface area contributed by atoms with E-state index in [2.05, 4.69) is 4.72 Å². The fraction of sp³-hybridized carbons (Fsp3) is 0.133. The highest BCUT2D eigenvalue weighted by Crippen LogP contribution is 2.28. The van der Waals surface area contributed by atoms with Crippen molar-refractivity contribution in [2.75, 3.05) is 4.72 Å². The fourth-order valence-corrected chi connectivity index (χ4v) is 3.90. The summed E-state index contributed by atoms with van der Waals surface area (Å²) in [7, 11) is -4.03. The van der Waals surface area contributed by atoms with E-state index in [0.717, 1.165) is 12.1 Å². The van der Waals surface area contributed by atoms with E-state index in [1.165, 1.54) is 28.8 Å². The summed E-state index contributed by atoms with van der Waals surface area (Å²) in [6.07, 6.45) is 0. The van der Waals surface area contributed by atoms with Crippen LogP contribution in [0.4, 0.5) is 10.1 Å². The molecule has 0 amide bonds. The number of sulfonamides is 1. The number of anilines is 1. The molecule has 3 aromatic rings. The van der Waals surface area contributed by atoms with Crippen molar-refractivity contribution in [1.82, 2.24) is 4.57 Å². The molecule has 9 heteroatoms. The van der Waals surface area contributed by atoms with Crippen LogP contribution in [0.3, 0.4) is 0 Å². The molecule has 0 fully saturated rings. The van der Waals surface area contributed by atoms with Gasteiger partial charge in [-0.05, 0) is 37.3 Å². The Hall–Kier alpha value is -2.32.